The van der Waals surface area contributed by atoms with Crippen molar-refractivity contribution in [1.82, 2.24) is 9.47 Å². The number of amides is 1. The van der Waals surface area contributed by atoms with Crippen LogP contribution < -0.4 is 0 Å². The minimum absolute atomic E-state index is 0.143. The average Bonchev–Trinajstić information content (AvgIpc) is 2.94. The molecule has 4 heteroatoms. The van der Waals surface area contributed by atoms with E-state index >= 15 is 0 Å². The van der Waals surface area contributed by atoms with Crippen LogP contribution in [0.15, 0.2) is 54.7 Å². The Labute approximate surface area is 160 Å². The van der Waals surface area contributed by atoms with Crippen molar-refractivity contribution in [2.24, 2.45) is 0 Å². The molecule has 1 aromatic heterocycles. The van der Waals surface area contributed by atoms with Gasteiger partial charge in [-0.05, 0) is 57.0 Å². The minimum atomic E-state index is -0.232. The van der Waals surface area contributed by atoms with Gasteiger partial charge in [-0.2, -0.15) is 0 Å². The highest BCUT2D eigenvalue weighted by Gasteiger charge is 2.21. The molecule has 142 valence electrons. The molecule has 3 rings (SSSR count). The second-order valence-corrected chi connectivity index (χ2v) is 7.59. The molecule has 0 aliphatic carbocycles. The maximum atomic E-state index is 13.2. The van der Waals surface area contributed by atoms with Crippen LogP contribution in [0.2, 0.25) is 0 Å². The molecule has 0 aliphatic rings. The van der Waals surface area contributed by atoms with E-state index in [1.165, 1.54) is 12.1 Å². The van der Waals surface area contributed by atoms with E-state index in [1.807, 2.05) is 17.0 Å². The van der Waals surface area contributed by atoms with Crippen molar-refractivity contribution < 1.29 is 9.18 Å². The molecule has 2 aromatic carbocycles. The summed E-state index contributed by atoms with van der Waals surface area (Å²) in [5, 5.41) is 1.10. The lowest BCUT2D eigenvalue weighted by Crippen LogP contribution is -2.42. The molecule has 1 amide bonds. The number of halogens is 1. The van der Waals surface area contributed by atoms with Crippen molar-refractivity contribution in [2.75, 3.05) is 0 Å². The van der Waals surface area contributed by atoms with Gasteiger partial charge in [0.15, 0.2) is 0 Å². The maximum Gasteiger partial charge on any atom is 0.227 e. The van der Waals surface area contributed by atoms with Crippen LogP contribution in [-0.4, -0.2) is 27.5 Å². The Balaban J connectivity index is 1.92. The zero-order valence-corrected chi connectivity index (χ0v) is 16.4. The summed E-state index contributed by atoms with van der Waals surface area (Å²) in [5.74, 6) is -0.0884. The van der Waals surface area contributed by atoms with Gasteiger partial charge in [-0.15, -0.1) is 0 Å². The van der Waals surface area contributed by atoms with E-state index in [9.17, 15) is 9.18 Å². The number of aromatic nitrogens is 1. The highest BCUT2D eigenvalue weighted by atomic mass is 19.1. The molecule has 1 heterocycles. The lowest BCUT2D eigenvalue weighted by Gasteiger charge is -2.30. The molecule has 0 atom stereocenters. The first-order valence-corrected chi connectivity index (χ1v) is 9.49. The molecule has 0 saturated heterocycles. The summed E-state index contributed by atoms with van der Waals surface area (Å²) in [4.78, 5) is 14.9. The SMILES string of the molecule is CC(C)N(C(=O)Cc1cn(Cc2ccc(F)cc2)c2ccccc12)C(C)C. The van der Waals surface area contributed by atoms with Gasteiger partial charge in [0.1, 0.15) is 5.82 Å². The minimum Gasteiger partial charge on any atom is -0.343 e. The number of carbonyl (C=O) groups excluding carboxylic acids is 1. The quantitative estimate of drug-likeness (QED) is 0.601. The second-order valence-electron chi connectivity index (χ2n) is 7.59. The fourth-order valence-electron chi connectivity index (χ4n) is 3.81. The lowest BCUT2D eigenvalue weighted by molar-refractivity contribution is -0.134. The van der Waals surface area contributed by atoms with Gasteiger partial charge in [0, 0.05) is 35.7 Å². The van der Waals surface area contributed by atoms with Crippen LogP contribution in [0.4, 0.5) is 4.39 Å². The van der Waals surface area contributed by atoms with Gasteiger partial charge in [-0.1, -0.05) is 30.3 Å². The Hall–Kier alpha value is -2.62. The first-order chi connectivity index (χ1) is 12.9. The van der Waals surface area contributed by atoms with Crippen molar-refractivity contribution in [2.45, 2.75) is 52.7 Å². The number of hydrogen-bond acceptors (Lipinski definition) is 1. The Morgan fingerprint density at radius 1 is 1.00 bits per heavy atom. The molecule has 0 N–H and O–H groups in total. The van der Waals surface area contributed by atoms with Gasteiger partial charge < -0.3 is 9.47 Å². The first kappa shape index (κ1) is 19.2. The first-order valence-electron chi connectivity index (χ1n) is 9.49. The summed E-state index contributed by atoms with van der Waals surface area (Å²) in [6.07, 6.45) is 2.44. The average molecular weight is 366 g/mol. The standard InChI is InChI=1S/C23H27FN2O/c1-16(2)26(17(3)4)23(27)13-19-15-25(22-8-6-5-7-21(19)22)14-18-9-11-20(24)12-10-18/h5-12,15-17H,13-14H2,1-4H3. The van der Waals surface area contributed by atoms with E-state index in [1.54, 1.807) is 12.1 Å². The highest BCUT2D eigenvalue weighted by molar-refractivity contribution is 5.89. The molecule has 0 saturated carbocycles. The molecule has 0 bridgehead atoms. The van der Waals surface area contributed by atoms with Crippen LogP contribution in [0.5, 0.6) is 0 Å². The summed E-state index contributed by atoms with van der Waals surface area (Å²) in [6, 6.07) is 15.0. The predicted molar refractivity (Wildman–Crippen MR) is 108 cm³/mol. The third-order valence-corrected chi connectivity index (χ3v) is 4.88. The fraction of sp³-hybridized carbons (Fsp3) is 0.348. The Kier molecular flexibility index (Phi) is 5.64. The van der Waals surface area contributed by atoms with E-state index in [0.717, 1.165) is 22.0 Å². The molecule has 27 heavy (non-hydrogen) atoms. The largest absolute Gasteiger partial charge is 0.343 e. The molecule has 0 radical (unpaired) electrons. The van der Waals surface area contributed by atoms with Crippen LogP contribution in [-0.2, 0) is 17.8 Å². The van der Waals surface area contributed by atoms with Crippen LogP contribution in [0.25, 0.3) is 10.9 Å². The molecule has 3 nitrogen and oxygen atoms in total. The Bertz CT molecular complexity index is 917. The van der Waals surface area contributed by atoms with E-state index in [2.05, 4.69) is 50.6 Å². The number of hydrogen-bond donors (Lipinski definition) is 0. The highest BCUT2D eigenvalue weighted by Crippen LogP contribution is 2.24. The molecule has 0 unspecified atom stereocenters. The van der Waals surface area contributed by atoms with Crippen molar-refractivity contribution in [1.29, 1.82) is 0 Å². The van der Waals surface area contributed by atoms with Gasteiger partial charge in [0.25, 0.3) is 0 Å². The fourth-order valence-corrected chi connectivity index (χ4v) is 3.81. The summed E-state index contributed by atoms with van der Waals surface area (Å²) < 4.78 is 15.3. The summed E-state index contributed by atoms with van der Waals surface area (Å²) in [5.41, 5.74) is 3.15. The Morgan fingerprint density at radius 3 is 2.26 bits per heavy atom. The zero-order valence-electron chi connectivity index (χ0n) is 16.4. The second kappa shape index (κ2) is 7.95. The third kappa shape index (κ3) is 4.21. The molecule has 3 aromatic rings. The molecular weight excluding hydrogens is 339 g/mol. The van der Waals surface area contributed by atoms with E-state index < -0.39 is 0 Å². The van der Waals surface area contributed by atoms with Crippen molar-refractivity contribution >= 4 is 16.8 Å². The molecule has 0 fully saturated rings. The van der Waals surface area contributed by atoms with Crippen molar-refractivity contribution in [3.8, 4) is 0 Å². The van der Waals surface area contributed by atoms with Gasteiger partial charge in [-0.3, -0.25) is 4.79 Å². The van der Waals surface area contributed by atoms with E-state index in [4.69, 9.17) is 0 Å². The zero-order chi connectivity index (χ0) is 19.6. The summed E-state index contributed by atoms with van der Waals surface area (Å²) in [6.45, 7) is 8.85. The normalized spacial score (nSPS) is 11.5. The summed E-state index contributed by atoms with van der Waals surface area (Å²) in [7, 11) is 0. The third-order valence-electron chi connectivity index (χ3n) is 4.88. The van der Waals surface area contributed by atoms with Crippen molar-refractivity contribution in [3.05, 3.63) is 71.7 Å². The number of rotatable bonds is 6. The maximum absolute atomic E-state index is 13.2. The number of benzene rings is 2. The number of para-hydroxylation sites is 1. The number of nitrogens with zero attached hydrogens (tertiary/aromatic N) is 2. The Morgan fingerprint density at radius 2 is 1.63 bits per heavy atom. The molecule has 0 aliphatic heterocycles. The van der Waals surface area contributed by atoms with Crippen LogP contribution in [0.3, 0.4) is 0 Å². The predicted octanol–water partition coefficient (Wildman–Crippen LogP) is 5.02. The topological polar surface area (TPSA) is 25.2 Å². The van der Waals surface area contributed by atoms with Crippen LogP contribution >= 0.6 is 0 Å². The van der Waals surface area contributed by atoms with Gasteiger partial charge in [0.2, 0.25) is 5.91 Å². The van der Waals surface area contributed by atoms with E-state index in [-0.39, 0.29) is 23.8 Å². The van der Waals surface area contributed by atoms with Gasteiger partial charge in [-0.25, -0.2) is 4.39 Å². The molecule has 0 spiro atoms. The van der Waals surface area contributed by atoms with Gasteiger partial charge >= 0.3 is 0 Å². The van der Waals surface area contributed by atoms with E-state index in [0.29, 0.717) is 13.0 Å². The smallest absolute Gasteiger partial charge is 0.227 e. The van der Waals surface area contributed by atoms with Crippen LogP contribution in [0, 0.1) is 5.82 Å². The monoisotopic (exact) mass is 366 g/mol. The number of carbonyl (C=O) groups is 1. The van der Waals surface area contributed by atoms with Crippen LogP contribution in [0.1, 0.15) is 38.8 Å². The number of fused-ring (bicyclic) bond motifs is 1. The van der Waals surface area contributed by atoms with Crippen molar-refractivity contribution in [3.63, 3.8) is 0 Å². The summed E-state index contributed by atoms with van der Waals surface area (Å²) >= 11 is 0. The molecular formula is C23H27FN2O. The lowest BCUT2D eigenvalue weighted by atomic mass is 10.1. The van der Waals surface area contributed by atoms with Gasteiger partial charge in [0.05, 0.1) is 6.42 Å².